The number of rotatable bonds is 4. The van der Waals surface area contributed by atoms with Crippen molar-refractivity contribution in [1.29, 1.82) is 5.26 Å². The largest absolute Gasteiger partial charge is 0.391 e. The summed E-state index contributed by atoms with van der Waals surface area (Å²) in [6, 6.07) is 9.68. The highest BCUT2D eigenvalue weighted by molar-refractivity contribution is 6.00. The minimum atomic E-state index is -1.22. The molecule has 8 nitrogen and oxygen atoms in total. The van der Waals surface area contributed by atoms with Crippen LogP contribution in [-0.4, -0.2) is 56.9 Å². The maximum Gasteiger partial charge on any atom is 0.251 e. The molecule has 2 heterocycles. The van der Waals surface area contributed by atoms with Crippen molar-refractivity contribution in [3.8, 4) is 6.07 Å². The van der Waals surface area contributed by atoms with Gasteiger partial charge in [0, 0.05) is 13.3 Å². The number of nitriles is 1. The van der Waals surface area contributed by atoms with Crippen LogP contribution < -0.4 is 5.73 Å². The molecule has 1 aromatic rings. The first-order valence-corrected chi connectivity index (χ1v) is 9.13. The van der Waals surface area contributed by atoms with Gasteiger partial charge in [-0.15, -0.1) is 0 Å². The van der Waals surface area contributed by atoms with Gasteiger partial charge in [0.1, 0.15) is 11.6 Å². The number of carbonyl (C=O) groups excluding carboxylic acids is 3. The third kappa shape index (κ3) is 2.66. The lowest BCUT2D eigenvalue weighted by Crippen LogP contribution is -2.77. The summed E-state index contributed by atoms with van der Waals surface area (Å²) >= 11 is 0. The number of amides is 3. The molecule has 3 N–H and O–H groups in total. The number of primary amides is 1. The lowest BCUT2D eigenvalue weighted by Gasteiger charge is -2.54. The van der Waals surface area contributed by atoms with E-state index in [2.05, 4.69) is 6.07 Å². The Labute approximate surface area is 163 Å². The van der Waals surface area contributed by atoms with Crippen LogP contribution in [-0.2, 0) is 14.4 Å². The molecule has 5 atom stereocenters. The van der Waals surface area contributed by atoms with Gasteiger partial charge in [-0.2, -0.15) is 5.26 Å². The molecule has 2 aliphatic heterocycles. The molecule has 0 radical (unpaired) electrons. The number of nitrogens with two attached hydrogens (primary N) is 1. The molecule has 0 saturated carbocycles. The predicted octanol–water partition coefficient (Wildman–Crippen LogP) is 0.325. The second-order valence-electron chi connectivity index (χ2n) is 7.96. The highest BCUT2D eigenvalue weighted by atomic mass is 16.3. The summed E-state index contributed by atoms with van der Waals surface area (Å²) < 4.78 is 0. The van der Waals surface area contributed by atoms with Gasteiger partial charge in [0.2, 0.25) is 11.8 Å². The van der Waals surface area contributed by atoms with Gasteiger partial charge in [-0.05, 0) is 19.4 Å². The first kappa shape index (κ1) is 19.8. The van der Waals surface area contributed by atoms with Gasteiger partial charge in [0.25, 0.3) is 5.91 Å². The van der Waals surface area contributed by atoms with E-state index in [4.69, 9.17) is 5.73 Å². The normalized spacial score (nSPS) is 31.2. The molecule has 2 fully saturated rings. The summed E-state index contributed by atoms with van der Waals surface area (Å²) in [6.45, 7) is 4.55. The van der Waals surface area contributed by atoms with Gasteiger partial charge in [-0.3, -0.25) is 14.4 Å². The molecule has 0 aromatic heterocycles. The van der Waals surface area contributed by atoms with Gasteiger partial charge >= 0.3 is 0 Å². The van der Waals surface area contributed by atoms with Crippen LogP contribution in [0.1, 0.15) is 38.8 Å². The van der Waals surface area contributed by atoms with Crippen LogP contribution >= 0.6 is 0 Å². The zero-order valence-corrected chi connectivity index (χ0v) is 16.1. The van der Waals surface area contributed by atoms with Crippen LogP contribution in [0.15, 0.2) is 30.3 Å². The maximum atomic E-state index is 13.2. The van der Waals surface area contributed by atoms with E-state index in [-0.39, 0.29) is 18.9 Å². The summed E-state index contributed by atoms with van der Waals surface area (Å²) in [5, 5.41) is 19.8. The Kier molecular flexibility index (Phi) is 4.68. The minimum absolute atomic E-state index is 0.0462. The van der Waals surface area contributed by atoms with Crippen LogP contribution in [0.5, 0.6) is 0 Å². The third-order valence-electron chi connectivity index (χ3n) is 5.87. The Morgan fingerprint density at radius 2 is 1.96 bits per heavy atom. The van der Waals surface area contributed by atoms with Crippen LogP contribution in [0, 0.1) is 16.7 Å². The smallest absolute Gasteiger partial charge is 0.251 e. The summed E-state index contributed by atoms with van der Waals surface area (Å²) in [4.78, 5) is 40.3. The Hall–Kier alpha value is -2.92. The van der Waals surface area contributed by atoms with E-state index < -0.39 is 41.0 Å². The summed E-state index contributed by atoms with van der Waals surface area (Å²) in [5.41, 5.74) is 3.93. The number of β-lactam (4-membered cyclic amide) rings is 1. The van der Waals surface area contributed by atoms with Crippen LogP contribution in [0.25, 0.3) is 0 Å². The standard InChI is InChI=1S/C20H24N4O4/c1-12(25)15(17(22)27)23-11-20(18(23)28)9-19(3,10-21)16(24(20)13(2)26)14-7-5-4-6-8-14/h4-8,12,15-16,25H,9,11H2,1-3H3,(H2,22,27)/t12-,15?,16?,19?,20?/m1/s1. The van der Waals surface area contributed by atoms with Gasteiger partial charge in [0.05, 0.1) is 30.2 Å². The first-order chi connectivity index (χ1) is 13.1. The van der Waals surface area contributed by atoms with E-state index in [0.29, 0.717) is 0 Å². The minimum Gasteiger partial charge on any atom is -0.391 e. The number of hydrogen-bond acceptors (Lipinski definition) is 5. The second kappa shape index (κ2) is 6.60. The van der Waals surface area contributed by atoms with Gasteiger partial charge in [-0.1, -0.05) is 30.3 Å². The van der Waals surface area contributed by atoms with Crippen LogP contribution in [0.4, 0.5) is 0 Å². The fraction of sp³-hybridized carbons (Fsp3) is 0.500. The number of hydrogen-bond donors (Lipinski definition) is 2. The number of carbonyl (C=O) groups is 3. The molecule has 2 saturated heterocycles. The first-order valence-electron chi connectivity index (χ1n) is 9.13. The Bertz CT molecular complexity index is 865. The fourth-order valence-corrected chi connectivity index (χ4v) is 4.84. The van der Waals surface area contributed by atoms with E-state index in [1.807, 2.05) is 30.3 Å². The number of nitrogens with zero attached hydrogens (tertiary/aromatic N) is 3. The Morgan fingerprint density at radius 3 is 2.39 bits per heavy atom. The Morgan fingerprint density at radius 1 is 1.36 bits per heavy atom. The molecule has 0 aliphatic carbocycles. The Balaban J connectivity index is 2.06. The van der Waals surface area contributed by atoms with Crippen molar-refractivity contribution in [3.05, 3.63) is 35.9 Å². The lowest BCUT2D eigenvalue weighted by molar-refractivity contribution is -0.177. The number of aliphatic hydroxyl groups excluding tert-OH is 1. The third-order valence-corrected chi connectivity index (χ3v) is 5.87. The molecule has 3 rings (SSSR count). The highest BCUT2D eigenvalue weighted by Crippen LogP contribution is 2.57. The molecule has 3 amide bonds. The number of aliphatic hydroxyl groups is 1. The molecule has 2 aliphatic rings. The quantitative estimate of drug-likeness (QED) is 0.723. The average Bonchev–Trinajstić information content (AvgIpc) is 2.93. The zero-order valence-electron chi connectivity index (χ0n) is 16.1. The highest BCUT2D eigenvalue weighted by Gasteiger charge is 2.70. The molecule has 1 aromatic carbocycles. The van der Waals surface area contributed by atoms with Gasteiger partial charge in [-0.25, -0.2) is 0 Å². The predicted molar refractivity (Wildman–Crippen MR) is 99.1 cm³/mol. The van der Waals surface area contributed by atoms with Gasteiger partial charge < -0.3 is 20.6 Å². The topological polar surface area (TPSA) is 128 Å². The number of benzene rings is 1. The average molecular weight is 384 g/mol. The van der Waals surface area contributed by atoms with Crippen molar-refractivity contribution in [1.82, 2.24) is 9.80 Å². The number of likely N-dealkylation sites (tertiary alicyclic amines) is 2. The molecular weight excluding hydrogens is 360 g/mol. The van der Waals surface area contributed by atoms with Gasteiger partial charge in [0.15, 0.2) is 0 Å². The van der Waals surface area contributed by atoms with Crippen molar-refractivity contribution in [2.75, 3.05) is 6.54 Å². The SMILES string of the molecule is CC(=O)N1C(c2ccccc2)C(C)(C#N)CC12CN(C(C(N)=O)[C@@H](C)O)C2=O. The zero-order chi connectivity index (χ0) is 20.9. The lowest BCUT2D eigenvalue weighted by atomic mass is 9.74. The molecule has 0 bridgehead atoms. The van der Waals surface area contributed by atoms with Crippen LogP contribution in [0.3, 0.4) is 0 Å². The van der Waals surface area contributed by atoms with Crippen molar-refractivity contribution < 1.29 is 19.5 Å². The monoisotopic (exact) mass is 384 g/mol. The van der Waals surface area contributed by atoms with Crippen molar-refractivity contribution in [3.63, 3.8) is 0 Å². The van der Waals surface area contributed by atoms with Crippen molar-refractivity contribution >= 4 is 17.7 Å². The summed E-state index contributed by atoms with van der Waals surface area (Å²) in [6.07, 6.45) is -0.991. The fourth-order valence-electron chi connectivity index (χ4n) is 4.84. The van der Waals surface area contributed by atoms with E-state index in [9.17, 15) is 24.8 Å². The van der Waals surface area contributed by atoms with E-state index in [1.165, 1.54) is 23.6 Å². The summed E-state index contributed by atoms with van der Waals surface area (Å²) in [5.74, 6) is -1.60. The molecule has 148 valence electrons. The van der Waals surface area contributed by atoms with Crippen LogP contribution in [0.2, 0.25) is 0 Å². The van der Waals surface area contributed by atoms with E-state index in [1.54, 1.807) is 6.92 Å². The molecule has 8 heteroatoms. The second-order valence-corrected chi connectivity index (χ2v) is 7.96. The van der Waals surface area contributed by atoms with E-state index in [0.717, 1.165) is 5.56 Å². The van der Waals surface area contributed by atoms with E-state index >= 15 is 0 Å². The molecular formula is C20H24N4O4. The van der Waals surface area contributed by atoms with Crippen molar-refractivity contribution in [2.24, 2.45) is 11.1 Å². The maximum absolute atomic E-state index is 13.2. The molecule has 1 spiro atoms. The van der Waals surface area contributed by atoms with Crippen molar-refractivity contribution in [2.45, 2.75) is 50.9 Å². The summed E-state index contributed by atoms with van der Waals surface area (Å²) in [7, 11) is 0. The molecule has 4 unspecified atom stereocenters. The molecule has 28 heavy (non-hydrogen) atoms.